The monoisotopic (exact) mass is 367 g/mol. The molecule has 2 aromatic rings. The molecule has 1 aliphatic heterocycles. The van der Waals surface area contributed by atoms with Crippen LogP contribution in [0.2, 0.25) is 0 Å². The molecule has 5 heteroatoms. The van der Waals surface area contributed by atoms with Crippen LogP contribution in [-0.4, -0.2) is 47.7 Å². The first-order valence-electron chi connectivity index (χ1n) is 9.46. The van der Waals surface area contributed by atoms with E-state index in [0.717, 1.165) is 36.4 Å². The Kier molecular flexibility index (Phi) is 5.71. The molecular weight excluding hydrogens is 338 g/mol. The SMILES string of the molecule is CC(C)(C)OC(=O)N1CCN(Cc2ccc(-c3ccccc3)cc2N)CC1. The van der Waals surface area contributed by atoms with Crippen molar-refractivity contribution in [2.75, 3.05) is 31.9 Å². The molecule has 0 aromatic heterocycles. The number of anilines is 1. The third-order valence-electron chi connectivity index (χ3n) is 4.67. The fraction of sp³-hybridized carbons (Fsp3) is 0.409. The van der Waals surface area contributed by atoms with Crippen LogP contribution in [0.4, 0.5) is 10.5 Å². The number of hydrogen-bond acceptors (Lipinski definition) is 4. The maximum absolute atomic E-state index is 12.2. The van der Waals surface area contributed by atoms with Crippen molar-refractivity contribution in [1.29, 1.82) is 0 Å². The second-order valence-corrected chi connectivity index (χ2v) is 8.02. The minimum Gasteiger partial charge on any atom is -0.444 e. The highest BCUT2D eigenvalue weighted by Crippen LogP contribution is 2.25. The Morgan fingerprint density at radius 1 is 1.00 bits per heavy atom. The lowest BCUT2D eigenvalue weighted by Crippen LogP contribution is -2.49. The smallest absolute Gasteiger partial charge is 0.410 e. The van der Waals surface area contributed by atoms with E-state index in [4.69, 9.17) is 10.5 Å². The molecule has 0 saturated carbocycles. The summed E-state index contributed by atoms with van der Waals surface area (Å²) in [7, 11) is 0. The number of nitrogens with two attached hydrogens (primary N) is 1. The highest BCUT2D eigenvalue weighted by Gasteiger charge is 2.26. The molecule has 144 valence electrons. The zero-order valence-corrected chi connectivity index (χ0v) is 16.4. The molecule has 1 saturated heterocycles. The quantitative estimate of drug-likeness (QED) is 0.834. The van der Waals surface area contributed by atoms with E-state index >= 15 is 0 Å². The zero-order valence-electron chi connectivity index (χ0n) is 16.4. The van der Waals surface area contributed by atoms with Gasteiger partial charge in [-0.15, -0.1) is 0 Å². The van der Waals surface area contributed by atoms with Crippen LogP contribution in [0.15, 0.2) is 48.5 Å². The maximum atomic E-state index is 12.2. The summed E-state index contributed by atoms with van der Waals surface area (Å²) in [6.07, 6.45) is -0.228. The predicted molar refractivity (Wildman–Crippen MR) is 109 cm³/mol. The van der Waals surface area contributed by atoms with Gasteiger partial charge >= 0.3 is 6.09 Å². The third-order valence-corrected chi connectivity index (χ3v) is 4.67. The van der Waals surface area contributed by atoms with Gasteiger partial charge in [-0.25, -0.2) is 4.79 Å². The number of nitrogen functional groups attached to an aromatic ring is 1. The molecule has 0 bridgehead atoms. The number of piperazine rings is 1. The van der Waals surface area contributed by atoms with Crippen LogP contribution in [0, 0.1) is 0 Å². The summed E-state index contributed by atoms with van der Waals surface area (Å²) in [5.74, 6) is 0. The minimum absolute atomic E-state index is 0.228. The van der Waals surface area contributed by atoms with Crippen molar-refractivity contribution in [2.45, 2.75) is 32.9 Å². The Bertz CT molecular complexity index is 776. The Morgan fingerprint density at radius 3 is 2.26 bits per heavy atom. The first-order chi connectivity index (χ1) is 12.8. The van der Waals surface area contributed by atoms with Crippen LogP contribution in [0.1, 0.15) is 26.3 Å². The summed E-state index contributed by atoms with van der Waals surface area (Å²) < 4.78 is 5.45. The summed E-state index contributed by atoms with van der Waals surface area (Å²) in [5.41, 5.74) is 10.1. The van der Waals surface area contributed by atoms with Gasteiger partial charge in [0.15, 0.2) is 0 Å². The fourth-order valence-corrected chi connectivity index (χ4v) is 3.21. The van der Waals surface area contributed by atoms with E-state index in [9.17, 15) is 4.79 Å². The topological polar surface area (TPSA) is 58.8 Å². The lowest BCUT2D eigenvalue weighted by atomic mass is 10.0. The molecule has 27 heavy (non-hydrogen) atoms. The van der Waals surface area contributed by atoms with Crippen LogP contribution in [0.3, 0.4) is 0 Å². The van der Waals surface area contributed by atoms with Crippen LogP contribution in [0.25, 0.3) is 11.1 Å². The molecule has 1 aliphatic rings. The van der Waals surface area contributed by atoms with Gasteiger partial charge in [0.1, 0.15) is 5.60 Å². The molecule has 0 unspecified atom stereocenters. The van der Waals surface area contributed by atoms with E-state index in [1.807, 2.05) is 45.0 Å². The first-order valence-corrected chi connectivity index (χ1v) is 9.46. The van der Waals surface area contributed by atoms with Gasteiger partial charge in [-0.1, -0.05) is 42.5 Å². The number of carbonyl (C=O) groups is 1. The second-order valence-electron chi connectivity index (χ2n) is 8.02. The lowest BCUT2D eigenvalue weighted by Gasteiger charge is -2.35. The Hall–Kier alpha value is -2.53. The van der Waals surface area contributed by atoms with Crippen molar-refractivity contribution in [3.8, 4) is 11.1 Å². The van der Waals surface area contributed by atoms with Gasteiger partial charge in [0.05, 0.1) is 0 Å². The van der Waals surface area contributed by atoms with Crippen molar-refractivity contribution in [3.63, 3.8) is 0 Å². The number of ether oxygens (including phenoxy) is 1. The summed E-state index contributed by atoms with van der Waals surface area (Å²) in [6, 6.07) is 16.5. The summed E-state index contributed by atoms with van der Waals surface area (Å²) in [6.45, 7) is 9.46. The van der Waals surface area contributed by atoms with Crippen molar-refractivity contribution in [2.24, 2.45) is 0 Å². The largest absolute Gasteiger partial charge is 0.444 e. The number of rotatable bonds is 3. The highest BCUT2D eigenvalue weighted by atomic mass is 16.6. The summed E-state index contributed by atoms with van der Waals surface area (Å²) in [5, 5.41) is 0. The molecule has 1 fully saturated rings. The molecule has 0 spiro atoms. The van der Waals surface area contributed by atoms with Gasteiger partial charge in [-0.05, 0) is 43.5 Å². The number of carbonyl (C=O) groups excluding carboxylic acids is 1. The van der Waals surface area contributed by atoms with Gasteiger partial charge in [-0.3, -0.25) is 4.90 Å². The molecule has 3 rings (SSSR count). The van der Waals surface area contributed by atoms with Gasteiger partial charge < -0.3 is 15.4 Å². The Morgan fingerprint density at radius 2 is 1.67 bits per heavy atom. The Balaban J connectivity index is 1.57. The Labute approximate surface area is 161 Å². The molecule has 0 aliphatic carbocycles. The van der Waals surface area contributed by atoms with Gasteiger partial charge in [-0.2, -0.15) is 0 Å². The van der Waals surface area contributed by atoms with Crippen LogP contribution in [0.5, 0.6) is 0 Å². The van der Waals surface area contributed by atoms with Crippen molar-refractivity contribution in [1.82, 2.24) is 9.80 Å². The van der Waals surface area contributed by atoms with E-state index in [2.05, 4.69) is 29.2 Å². The average Bonchev–Trinajstić information content (AvgIpc) is 2.63. The normalized spacial score (nSPS) is 15.6. The molecule has 0 radical (unpaired) electrons. The molecule has 1 amide bonds. The second kappa shape index (κ2) is 8.01. The summed E-state index contributed by atoms with van der Waals surface area (Å²) in [4.78, 5) is 16.3. The minimum atomic E-state index is -0.455. The highest BCUT2D eigenvalue weighted by molar-refractivity contribution is 5.69. The third kappa shape index (κ3) is 5.23. The van der Waals surface area contributed by atoms with Crippen LogP contribution in [-0.2, 0) is 11.3 Å². The van der Waals surface area contributed by atoms with E-state index in [-0.39, 0.29) is 6.09 Å². The maximum Gasteiger partial charge on any atom is 0.410 e. The molecule has 2 aromatic carbocycles. The van der Waals surface area contributed by atoms with Crippen LogP contribution < -0.4 is 5.73 Å². The molecule has 1 heterocycles. The van der Waals surface area contributed by atoms with Crippen molar-refractivity contribution in [3.05, 3.63) is 54.1 Å². The molecule has 5 nitrogen and oxygen atoms in total. The average molecular weight is 367 g/mol. The number of amides is 1. The number of nitrogens with zero attached hydrogens (tertiary/aromatic N) is 2. The first kappa shape index (κ1) is 19.2. The van der Waals surface area contributed by atoms with E-state index in [0.29, 0.717) is 13.1 Å². The molecule has 0 atom stereocenters. The lowest BCUT2D eigenvalue weighted by molar-refractivity contribution is 0.0139. The van der Waals surface area contributed by atoms with Gasteiger partial charge in [0.25, 0.3) is 0 Å². The summed E-state index contributed by atoms with van der Waals surface area (Å²) >= 11 is 0. The fourth-order valence-electron chi connectivity index (χ4n) is 3.21. The predicted octanol–water partition coefficient (Wildman–Crippen LogP) is 3.99. The number of benzene rings is 2. The molecular formula is C22H29N3O2. The van der Waals surface area contributed by atoms with Gasteiger partial charge in [0, 0.05) is 38.4 Å². The van der Waals surface area contributed by atoms with E-state index < -0.39 is 5.60 Å². The zero-order chi connectivity index (χ0) is 19.4. The van der Waals surface area contributed by atoms with E-state index in [1.165, 1.54) is 5.56 Å². The van der Waals surface area contributed by atoms with Gasteiger partial charge in [0.2, 0.25) is 0 Å². The van der Waals surface area contributed by atoms with Crippen molar-refractivity contribution >= 4 is 11.8 Å². The molecule has 2 N–H and O–H groups in total. The number of hydrogen-bond donors (Lipinski definition) is 1. The standard InChI is InChI=1S/C22H29N3O2/c1-22(2,3)27-21(26)25-13-11-24(12-14-25)16-19-10-9-18(15-20(19)23)17-7-5-4-6-8-17/h4-10,15H,11-14,16,23H2,1-3H3. The van der Waals surface area contributed by atoms with E-state index in [1.54, 1.807) is 4.90 Å². The van der Waals surface area contributed by atoms with Crippen LogP contribution >= 0.6 is 0 Å². The van der Waals surface area contributed by atoms with Crippen molar-refractivity contribution < 1.29 is 9.53 Å².